The highest BCUT2D eigenvalue weighted by atomic mass is 14.2. The lowest BCUT2D eigenvalue weighted by molar-refractivity contribution is 1.62. The van der Waals surface area contributed by atoms with Crippen LogP contribution in [-0.4, -0.2) is 0 Å². The summed E-state index contributed by atoms with van der Waals surface area (Å²) in [6.07, 6.45) is 0. The lowest BCUT2D eigenvalue weighted by Crippen LogP contribution is -1.88. The number of hydrogen-bond acceptors (Lipinski definition) is 0. The summed E-state index contributed by atoms with van der Waals surface area (Å²) in [6.45, 7) is 0. The highest BCUT2D eigenvalue weighted by Crippen LogP contribution is 2.48. The minimum atomic E-state index is 1.22. The van der Waals surface area contributed by atoms with E-state index in [-0.39, 0.29) is 0 Å². The van der Waals surface area contributed by atoms with Crippen LogP contribution in [0.1, 0.15) is 0 Å². The van der Waals surface area contributed by atoms with E-state index in [1.165, 1.54) is 109 Å². The molecule has 0 fully saturated rings. The fourth-order valence-electron chi connectivity index (χ4n) is 8.55. The number of benzene rings is 10. The molecule has 10 aromatic carbocycles. The molecule has 230 valence electrons. The van der Waals surface area contributed by atoms with Gasteiger partial charge in [0.25, 0.3) is 0 Å². The Labute approximate surface area is 290 Å². The zero-order valence-corrected chi connectivity index (χ0v) is 27.3. The lowest BCUT2D eigenvalue weighted by Gasteiger charge is -2.14. The topological polar surface area (TPSA) is 0 Å². The molecule has 0 amide bonds. The Kier molecular flexibility index (Phi) is 5.76. The van der Waals surface area contributed by atoms with Gasteiger partial charge in [0, 0.05) is 0 Å². The summed E-state index contributed by atoms with van der Waals surface area (Å²) in [5.41, 5.74) is 12.8. The van der Waals surface area contributed by atoms with Crippen LogP contribution >= 0.6 is 0 Å². The van der Waals surface area contributed by atoms with Crippen LogP contribution in [0.4, 0.5) is 0 Å². The van der Waals surface area contributed by atoms with Crippen molar-refractivity contribution in [1.29, 1.82) is 0 Å². The predicted molar refractivity (Wildman–Crippen MR) is 215 cm³/mol. The minimum Gasteiger partial charge on any atom is -0.0616 e. The molecule has 0 nitrogen and oxygen atoms in total. The number of hydrogen-bond donors (Lipinski definition) is 0. The van der Waals surface area contributed by atoms with Crippen LogP contribution < -0.4 is 0 Å². The van der Waals surface area contributed by atoms with Gasteiger partial charge in [0.2, 0.25) is 0 Å². The first-order chi connectivity index (χ1) is 24.8. The summed E-state index contributed by atoms with van der Waals surface area (Å²) in [7, 11) is 0. The molecule has 0 saturated carbocycles. The van der Waals surface area contributed by atoms with Crippen molar-refractivity contribution in [3.63, 3.8) is 0 Å². The molecule has 0 aliphatic heterocycles. The van der Waals surface area contributed by atoms with Gasteiger partial charge in [-0.3, -0.25) is 0 Å². The van der Waals surface area contributed by atoms with Crippen LogP contribution in [0, 0.1) is 0 Å². The summed E-state index contributed by atoms with van der Waals surface area (Å²) in [5, 5.41) is 12.9. The molecule has 11 rings (SSSR count). The van der Waals surface area contributed by atoms with Gasteiger partial charge in [-0.1, -0.05) is 152 Å². The zero-order chi connectivity index (χ0) is 32.8. The minimum absolute atomic E-state index is 1.22. The molecular weight excluding hydrogens is 601 g/mol. The predicted octanol–water partition coefficient (Wildman–Crippen LogP) is 14.1. The first-order valence-electron chi connectivity index (χ1n) is 17.4. The van der Waals surface area contributed by atoms with Gasteiger partial charge in [-0.15, -0.1) is 0 Å². The van der Waals surface area contributed by atoms with Crippen molar-refractivity contribution < 1.29 is 0 Å². The average Bonchev–Trinajstić information content (AvgIpc) is 3.51. The second-order valence-corrected chi connectivity index (χ2v) is 13.7. The maximum atomic E-state index is 2.38. The Balaban J connectivity index is 0.986. The standard InChI is InChI=1S/C50H30/c1-3-14-41-31(8-1)22-25-46-47(30-40-9-2-4-15-42(40)50(41)46)39-13-5-12-33(28-39)34-18-19-36-27-37(21-20-35(36)26-34)38-23-24-43-44-16-6-10-32-11-7-17-45(49(32)44)48(43)29-38/h1-30H. The van der Waals surface area contributed by atoms with E-state index in [0.29, 0.717) is 0 Å². The van der Waals surface area contributed by atoms with Crippen LogP contribution in [0.2, 0.25) is 0 Å². The van der Waals surface area contributed by atoms with Crippen LogP contribution in [-0.2, 0) is 0 Å². The van der Waals surface area contributed by atoms with Crippen molar-refractivity contribution in [2.75, 3.05) is 0 Å². The van der Waals surface area contributed by atoms with Crippen LogP contribution in [0.15, 0.2) is 182 Å². The van der Waals surface area contributed by atoms with Crippen LogP contribution in [0.5, 0.6) is 0 Å². The summed E-state index contributed by atoms with van der Waals surface area (Å²) in [4.78, 5) is 0. The van der Waals surface area contributed by atoms with Crippen LogP contribution in [0.25, 0.3) is 109 Å². The molecule has 0 heteroatoms. The van der Waals surface area contributed by atoms with E-state index in [2.05, 4.69) is 182 Å². The van der Waals surface area contributed by atoms with Crippen molar-refractivity contribution in [2.45, 2.75) is 0 Å². The number of fused-ring (bicyclic) bond motifs is 9. The molecule has 0 bridgehead atoms. The fraction of sp³-hybridized carbons (Fsp3) is 0. The maximum Gasteiger partial charge on any atom is -0.00206 e. The normalized spacial score (nSPS) is 12.0. The molecule has 10 aromatic rings. The third-order valence-electron chi connectivity index (χ3n) is 10.9. The van der Waals surface area contributed by atoms with Gasteiger partial charge >= 0.3 is 0 Å². The summed E-state index contributed by atoms with van der Waals surface area (Å²) >= 11 is 0. The van der Waals surface area contributed by atoms with Gasteiger partial charge in [0.1, 0.15) is 0 Å². The summed E-state index contributed by atoms with van der Waals surface area (Å²) < 4.78 is 0. The quantitative estimate of drug-likeness (QED) is 0.170. The Morgan fingerprint density at radius 3 is 1.54 bits per heavy atom. The smallest absolute Gasteiger partial charge is 0.00206 e. The van der Waals surface area contributed by atoms with Gasteiger partial charge in [0.05, 0.1) is 0 Å². The first-order valence-corrected chi connectivity index (χ1v) is 17.4. The third kappa shape index (κ3) is 4.06. The second kappa shape index (κ2) is 10.5. The Morgan fingerprint density at radius 1 is 0.200 bits per heavy atom. The van der Waals surface area contributed by atoms with Crippen molar-refractivity contribution >= 4 is 53.9 Å². The van der Waals surface area contributed by atoms with Gasteiger partial charge in [-0.2, -0.15) is 0 Å². The van der Waals surface area contributed by atoms with Gasteiger partial charge in [0.15, 0.2) is 0 Å². The number of rotatable bonds is 3. The summed E-state index contributed by atoms with van der Waals surface area (Å²) in [5.74, 6) is 0. The highest BCUT2D eigenvalue weighted by molar-refractivity contribution is 6.24. The van der Waals surface area contributed by atoms with E-state index in [1.54, 1.807) is 0 Å². The molecule has 50 heavy (non-hydrogen) atoms. The molecule has 0 atom stereocenters. The van der Waals surface area contributed by atoms with E-state index in [0.717, 1.165) is 0 Å². The zero-order valence-electron chi connectivity index (χ0n) is 27.3. The van der Waals surface area contributed by atoms with Crippen molar-refractivity contribution in [2.24, 2.45) is 0 Å². The molecule has 1 aliphatic rings. The average molecular weight is 631 g/mol. The van der Waals surface area contributed by atoms with Gasteiger partial charge < -0.3 is 0 Å². The first kappa shape index (κ1) is 27.5. The maximum absolute atomic E-state index is 2.38. The molecule has 0 radical (unpaired) electrons. The molecule has 1 aliphatic carbocycles. The lowest BCUT2D eigenvalue weighted by atomic mass is 9.89. The van der Waals surface area contributed by atoms with E-state index >= 15 is 0 Å². The fourth-order valence-corrected chi connectivity index (χ4v) is 8.55. The Bertz CT molecular complexity index is 3010. The molecular formula is C50H30. The second-order valence-electron chi connectivity index (χ2n) is 13.7. The molecule has 0 unspecified atom stereocenters. The largest absolute Gasteiger partial charge is 0.0616 e. The molecule has 0 aromatic heterocycles. The molecule has 0 N–H and O–H groups in total. The van der Waals surface area contributed by atoms with Crippen molar-refractivity contribution in [1.82, 2.24) is 0 Å². The van der Waals surface area contributed by atoms with E-state index in [1.807, 2.05) is 0 Å². The van der Waals surface area contributed by atoms with Crippen LogP contribution in [0.3, 0.4) is 0 Å². The van der Waals surface area contributed by atoms with E-state index < -0.39 is 0 Å². The SMILES string of the molecule is c1cc(-c2ccc3cc(-c4ccc5c(c4)-c4cccc6cccc-5c46)ccc3c2)cc(-c2cc3ccccc3c3c2ccc2ccccc23)c1. The van der Waals surface area contributed by atoms with E-state index in [4.69, 9.17) is 0 Å². The Morgan fingerprint density at radius 2 is 0.760 bits per heavy atom. The third-order valence-corrected chi connectivity index (χ3v) is 10.9. The van der Waals surface area contributed by atoms with E-state index in [9.17, 15) is 0 Å². The van der Waals surface area contributed by atoms with Crippen molar-refractivity contribution in [3.8, 4) is 55.6 Å². The summed E-state index contributed by atoms with van der Waals surface area (Å²) in [6, 6.07) is 67.6. The molecule has 0 heterocycles. The van der Waals surface area contributed by atoms with Crippen molar-refractivity contribution in [3.05, 3.63) is 182 Å². The Hall–Kier alpha value is -6.50. The highest BCUT2D eigenvalue weighted by Gasteiger charge is 2.21. The van der Waals surface area contributed by atoms with Gasteiger partial charge in [-0.05, 0) is 140 Å². The van der Waals surface area contributed by atoms with Gasteiger partial charge in [-0.25, -0.2) is 0 Å². The molecule has 0 spiro atoms. The molecule has 0 saturated heterocycles. The monoisotopic (exact) mass is 630 g/mol.